The van der Waals surface area contributed by atoms with Gasteiger partial charge in [0, 0.05) is 11.4 Å². The molecule has 170 valence electrons. The number of thioether (sulfide) groups is 1. The Labute approximate surface area is 197 Å². The van der Waals surface area contributed by atoms with E-state index in [1.807, 2.05) is 42.5 Å². The molecule has 5 aromatic rings. The van der Waals surface area contributed by atoms with E-state index in [0.29, 0.717) is 39.8 Å². The van der Waals surface area contributed by atoms with Gasteiger partial charge in [-0.15, -0.1) is 21.5 Å². The van der Waals surface area contributed by atoms with E-state index in [4.69, 9.17) is 0 Å². The van der Waals surface area contributed by atoms with E-state index >= 15 is 0 Å². The maximum atomic E-state index is 13.1. The van der Waals surface area contributed by atoms with Gasteiger partial charge in [-0.25, -0.2) is 4.98 Å². The van der Waals surface area contributed by atoms with Crippen molar-refractivity contribution in [3.05, 3.63) is 61.2 Å². The van der Waals surface area contributed by atoms with Crippen molar-refractivity contribution in [2.45, 2.75) is 57.5 Å². The molecule has 0 radical (unpaired) electrons. The normalized spacial score (nSPS) is 11.8. The van der Waals surface area contributed by atoms with E-state index in [1.165, 1.54) is 23.1 Å². The van der Waals surface area contributed by atoms with E-state index in [-0.39, 0.29) is 11.1 Å². The van der Waals surface area contributed by atoms with Gasteiger partial charge < -0.3 is 4.98 Å². The first-order valence-corrected chi connectivity index (χ1v) is 12.8. The monoisotopic (exact) mass is 480 g/mol. The topological polar surface area (TPSA) is 97.9 Å². The van der Waals surface area contributed by atoms with Crippen LogP contribution < -0.4 is 11.1 Å². The summed E-state index contributed by atoms with van der Waals surface area (Å²) in [5.74, 6) is 1.57. The number of H-pyrrole nitrogens is 1. The van der Waals surface area contributed by atoms with Gasteiger partial charge in [0.1, 0.15) is 10.7 Å². The van der Waals surface area contributed by atoms with Crippen molar-refractivity contribution in [2.24, 2.45) is 0 Å². The summed E-state index contributed by atoms with van der Waals surface area (Å²) in [5.41, 5.74) is 1.61. The van der Waals surface area contributed by atoms with Crippen LogP contribution in [0.5, 0.6) is 0 Å². The Hall–Kier alpha value is -2.98. The summed E-state index contributed by atoms with van der Waals surface area (Å²) in [6.07, 6.45) is 3.03. The summed E-state index contributed by atoms with van der Waals surface area (Å²) in [5, 5.41) is 10.7. The van der Waals surface area contributed by atoms with Crippen molar-refractivity contribution in [3.63, 3.8) is 0 Å². The molecule has 0 fully saturated rings. The zero-order chi connectivity index (χ0) is 23.1. The lowest BCUT2D eigenvalue weighted by molar-refractivity contribution is 0.594. The van der Waals surface area contributed by atoms with Gasteiger partial charge in [-0.05, 0) is 38.0 Å². The van der Waals surface area contributed by atoms with Crippen molar-refractivity contribution in [1.29, 1.82) is 0 Å². The molecule has 4 aromatic heterocycles. The molecule has 33 heavy (non-hydrogen) atoms. The van der Waals surface area contributed by atoms with E-state index in [1.54, 1.807) is 4.57 Å². The van der Waals surface area contributed by atoms with E-state index in [9.17, 15) is 9.59 Å². The summed E-state index contributed by atoms with van der Waals surface area (Å²) in [6.45, 7) is 6.70. The number of benzene rings is 1. The van der Waals surface area contributed by atoms with Crippen LogP contribution in [0.15, 0.2) is 39.0 Å². The smallest absolute Gasteiger partial charge is 0.262 e. The van der Waals surface area contributed by atoms with Crippen molar-refractivity contribution >= 4 is 50.0 Å². The average molecular weight is 481 g/mol. The van der Waals surface area contributed by atoms with Gasteiger partial charge >= 0.3 is 0 Å². The maximum Gasteiger partial charge on any atom is 0.262 e. The van der Waals surface area contributed by atoms with Crippen LogP contribution in [0.25, 0.3) is 26.9 Å². The Morgan fingerprint density at radius 1 is 1.12 bits per heavy atom. The number of aryl methyl sites for hydroxylation is 3. The van der Waals surface area contributed by atoms with Crippen molar-refractivity contribution < 1.29 is 0 Å². The fraction of sp³-hybridized carbons (Fsp3) is 0.348. The molecule has 10 heteroatoms. The highest BCUT2D eigenvalue weighted by Gasteiger charge is 2.18. The number of aromatic amines is 1. The Bertz CT molecular complexity index is 1610. The largest absolute Gasteiger partial charge is 0.309 e. The predicted octanol–water partition coefficient (Wildman–Crippen LogP) is 4.44. The highest BCUT2D eigenvalue weighted by molar-refractivity contribution is 7.98. The zero-order valence-corrected chi connectivity index (χ0v) is 20.3. The van der Waals surface area contributed by atoms with Crippen LogP contribution in [-0.4, -0.2) is 29.1 Å². The molecule has 0 atom stereocenters. The van der Waals surface area contributed by atoms with E-state index < -0.39 is 0 Å². The molecular weight excluding hydrogens is 456 g/mol. The lowest BCUT2D eigenvalue weighted by Crippen LogP contribution is -2.23. The molecule has 0 unspecified atom stereocenters. The number of hydrogen-bond acceptors (Lipinski definition) is 7. The Morgan fingerprint density at radius 2 is 1.94 bits per heavy atom. The number of hydrogen-bond donors (Lipinski definition) is 1. The first-order valence-electron chi connectivity index (χ1n) is 11.0. The van der Waals surface area contributed by atoms with Gasteiger partial charge in [-0.2, -0.15) is 0 Å². The van der Waals surface area contributed by atoms with Gasteiger partial charge in [-0.1, -0.05) is 43.7 Å². The maximum absolute atomic E-state index is 13.1. The van der Waals surface area contributed by atoms with Gasteiger partial charge in [-0.3, -0.25) is 18.6 Å². The first-order chi connectivity index (χ1) is 16.0. The fourth-order valence-electron chi connectivity index (χ4n) is 4.05. The molecule has 1 N–H and O–H groups in total. The Balaban J connectivity index is 1.56. The molecule has 5 rings (SSSR count). The molecule has 8 nitrogen and oxygen atoms in total. The van der Waals surface area contributed by atoms with Crippen molar-refractivity contribution in [1.82, 2.24) is 29.1 Å². The number of unbranched alkanes of at least 4 members (excludes halogenated alkanes) is 2. The molecule has 0 amide bonds. The Morgan fingerprint density at radius 3 is 2.76 bits per heavy atom. The number of nitrogens with zero attached hydrogens (tertiary/aromatic N) is 5. The number of nitrogens with one attached hydrogen (secondary N) is 1. The van der Waals surface area contributed by atoms with E-state index in [2.05, 4.69) is 27.1 Å². The molecule has 4 heterocycles. The van der Waals surface area contributed by atoms with Crippen LogP contribution in [0.2, 0.25) is 0 Å². The van der Waals surface area contributed by atoms with Crippen molar-refractivity contribution in [3.8, 4) is 0 Å². The minimum Gasteiger partial charge on any atom is -0.309 e. The number of aromatic nitrogens is 6. The fourth-order valence-corrected chi connectivity index (χ4v) is 5.91. The highest BCUT2D eigenvalue weighted by Crippen LogP contribution is 2.28. The summed E-state index contributed by atoms with van der Waals surface area (Å²) < 4.78 is 3.65. The molecule has 0 aliphatic heterocycles. The molecular formula is C23H24N6O2S2. The molecule has 0 aliphatic carbocycles. The molecule has 0 saturated heterocycles. The molecule has 0 spiro atoms. The van der Waals surface area contributed by atoms with Gasteiger partial charge in [0.2, 0.25) is 5.78 Å². The molecule has 0 saturated carbocycles. The summed E-state index contributed by atoms with van der Waals surface area (Å²) in [6, 6.07) is 7.54. The van der Waals surface area contributed by atoms with Gasteiger partial charge in [0.15, 0.2) is 5.16 Å². The molecule has 0 bridgehead atoms. The van der Waals surface area contributed by atoms with Crippen LogP contribution in [0.1, 0.15) is 42.5 Å². The minimum absolute atomic E-state index is 0.0435. The second-order valence-electron chi connectivity index (χ2n) is 8.06. The second kappa shape index (κ2) is 8.75. The number of rotatable bonds is 7. The van der Waals surface area contributed by atoms with Crippen LogP contribution in [0, 0.1) is 13.8 Å². The molecule has 1 aromatic carbocycles. The lowest BCUT2D eigenvalue weighted by Gasteiger charge is -2.11. The summed E-state index contributed by atoms with van der Waals surface area (Å²) >= 11 is 2.98. The highest BCUT2D eigenvalue weighted by atomic mass is 32.2. The van der Waals surface area contributed by atoms with E-state index in [0.717, 1.165) is 40.1 Å². The van der Waals surface area contributed by atoms with Crippen molar-refractivity contribution in [2.75, 3.05) is 0 Å². The van der Waals surface area contributed by atoms with Crippen LogP contribution in [0.4, 0.5) is 0 Å². The zero-order valence-electron chi connectivity index (χ0n) is 18.7. The SMILES string of the molecule is CCCCCn1c(=O)c2ccccc2n2c(SCc3nc4sc(C)c(C)c4c(=O)[nH]3)nnc12. The van der Waals surface area contributed by atoms with Crippen LogP contribution in [-0.2, 0) is 12.3 Å². The summed E-state index contributed by atoms with van der Waals surface area (Å²) in [7, 11) is 0. The minimum atomic E-state index is -0.112. The van der Waals surface area contributed by atoms with Gasteiger partial charge in [0.05, 0.1) is 22.0 Å². The average Bonchev–Trinajstić information content (AvgIpc) is 3.35. The second-order valence-corrected chi connectivity index (χ2v) is 10.2. The summed E-state index contributed by atoms with van der Waals surface area (Å²) in [4.78, 5) is 35.2. The van der Waals surface area contributed by atoms with Crippen LogP contribution >= 0.6 is 23.1 Å². The third-order valence-electron chi connectivity index (χ3n) is 5.89. The molecule has 0 aliphatic rings. The van der Waals surface area contributed by atoms with Gasteiger partial charge in [0.25, 0.3) is 11.1 Å². The first kappa shape index (κ1) is 21.8. The quantitative estimate of drug-likeness (QED) is 0.273. The standard InChI is InChI=1S/C23H24N6O2S2/c1-4-5-8-11-28-21(31)15-9-6-7-10-16(15)29-22(28)26-27-23(29)32-12-17-24-19(30)18-13(2)14(3)33-20(18)25-17/h6-7,9-10H,4-5,8,11-12H2,1-3H3,(H,24,25,30). The lowest BCUT2D eigenvalue weighted by atomic mass is 10.2. The predicted molar refractivity (Wildman–Crippen MR) is 134 cm³/mol. The van der Waals surface area contributed by atoms with Crippen LogP contribution in [0.3, 0.4) is 0 Å². The third kappa shape index (κ3) is 3.76. The number of fused-ring (bicyclic) bond motifs is 4. The third-order valence-corrected chi connectivity index (χ3v) is 7.93. The number of para-hydroxylation sites is 1. The Kier molecular flexibility index (Phi) is 5.79. The number of thiophene rings is 1.